The Kier molecular flexibility index (Phi) is 14.3. The van der Waals surface area contributed by atoms with E-state index in [2.05, 4.69) is 11.7 Å². The number of esters is 1. The average Bonchev–Trinajstić information content (AvgIpc) is 2.17. The maximum Gasteiger partial charge on any atom is 0.304 e. The zero-order valence-electron chi connectivity index (χ0n) is 11.7. The first-order valence-electron chi connectivity index (χ1n) is 6.22. The summed E-state index contributed by atoms with van der Waals surface area (Å²) >= 11 is 0. The van der Waals surface area contributed by atoms with E-state index in [1.54, 1.807) is 13.8 Å². The van der Waals surface area contributed by atoms with Crippen LogP contribution in [0.3, 0.4) is 0 Å². The fourth-order valence-electron chi connectivity index (χ4n) is 1.13. The van der Waals surface area contributed by atoms with Crippen molar-refractivity contribution < 1.29 is 19.1 Å². The van der Waals surface area contributed by atoms with Crippen LogP contribution in [0, 0.1) is 0 Å². The smallest absolute Gasteiger partial charge is 0.304 e. The molecule has 0 saturated heterocycles. The molecule has 0 rings (SSSR count). The third kappa shape index (κ3) is 21.0. The summed E-state index contributed by atoms with van der Waals surface area (Å²) in [5, 5.41) is 0. The molecule has 17 heavy (non-hydrogen) atoms. The molecule has 0 aromatic carbocycles. The maximum absolute atomic E-state index is 10.3. The number of carbonyl (C=O) groups excluding carboxylic acids is 2. The zero-order chi connectivity index (χ0) is 13.7. The summed E-state index contributed by atoms with van der Waals surface area (Å²) < 4.78 is 9.54. The van der Waals surface area contributed by atoms with Crippen molar-refractivity contribution in [1.82, 2.24) is 0 Å². The van der Waals surface area contributed by atoms with E-state index >= 15 is 0 Å². The van der Waals surface area contributed by atoms with Crippen molar-refractivity contribution in [3.8, 4) is 0 Å². The number of ether oxygens (including phenoxy) is 2. The van der Waals surface area contributed by atoms with Crippen molar-refractivity contribution >= 4 is 11.8 Å². The number of Topliss-reactive ketones (excluding diaryl/α,β-unsaturated/α-hetero) is 1. The van der Waals surface area contributed by atoms with E-state index in [-0.39, 0.29) is 5.97 Å². The lowest BCUT2D eigenvalue weighted by atomic mass is 10.2. The molecule has 0 aromatic heterocycles. The van der Waals surface area contributed by atoms with Gasteiger partial charge in [0.2, 0.25) is 0 Å². The summed E-state index contributed by atoms with van der Waals surface area (Å²) in [6, 6.07) is 0. The van der Waals surface area contributed by atoms with E-state index < -0.39 is 6.29 Å². The minimum atomic E-state index is -0.410. The van der Waals surface area contributed by atoms with Crippen molar-refractivity contribution in [2.24, 2.45) is 0 Å². The summed E-state index contributed by atoms with van der Waals surface area (Å²) in [5.74, 6) is 0.00870. The Morgan fingerprint density at radius 3 is 2.06 bits per heavy atom. The molecular weight excluding hydrogens is 220 g/mol. The minimum Gasteiger partial charge on any atom is -0.436 e. The summed E-state index contributed by atoms with van der Waals surface area (Å²) in [6.07, 6.45) is 3.83. The van der Waals surface area contributed by atoms with Crippen LogP contribution in [-0.4, -0.2) is 24.6 Å². The van der Waals surface area contributed by atoms with E-state index in [1.807, 2.05) is 6.92 Å². The van der Waals surface area contributed by atoms with Crippen LogP contribution < -0.4 is 0 Å². The quantitative estimate of drug-likeness (QED) is 0.393. The highest BCUT2D eigenvalue weighted by Gasteiger charge is 2.01. The third-order valence-electron chi connectivity index (χ3n) is 1.87. The van der Waals surface area contributed by atoms with Gasteiger partial charge >= 0.3 is 5.97 Å². The number of carbonyl (C=O) groups is 2. The summed E-state index contributed by atoms with van der Waals surface area (Å²) in [5.41, 5.74) is 0. The van der Waals surface area contributed by atoms with E-state index in [0.29, 0.717) is 12.4 Å². The van der Waals surface area contributed by atoms with E-state index in [1.165, 1.54) is 19.8 Å². The fourth-order valence-corrected chi connectivity index (χ4v) is 1.13. The van der Waals surface area contributed by atoms with Gasteiger partial charge < -0.3 is 14.3 Å². The average molecular weight is 246 g/mol. The second-order valence-corrected chi connectivity index (χ2v) is 3.79. The Morgan fingerprint density at radius 2 is 1.71 bits per heavy atom. The van der Waals surface area contributed by atoms with Gasteiger partial charge in [0, 0.05) is 20.0 Å². The molecule has 0 saturated carbocycles. The number of rotatable bonds is 7. The first-order valence-corrected chi connectivity index (χ1v) is 6.22. The predicted octanol–water partition coefficient (Wildman–Crippen LogP) is 3.09. The minimum absolute atomic E-state index is 0.309. The van der Waals surface area contributed by atoms with Crippen molar-refractivity contribution in [1.29, 1.82) is 0 Å². The highest BCUT2D eigenvalue weighted by Crippen LogP contribution is 1.98. The maximum atomic E-state index is 10.3. The van der Waals surface area contributed by atoms with Crippen LogP contribution >= 0.6 is 0 Å². The Bertz CT molecular complexity index is 202. The van der Waals surface area contributed by atoms with Gasteiger partial charge in [-0.2, -0.15) is 0 Å². The number of hydrogen-bond acceptors (Lipinski definition) is 4. The van der Waals surface area contributed by atoms with Crippen LogP contribution in [-0.2, 0) is 19.1 Å². The lowest BCUT2D eigenvalue weighted by Gasteiger charge is -2.09. The van der Waals surface area contributed by atoms with Gasteiger partial charge in [-0.3, -0.25) is 4.79 Å². The summed E-state index contributed by atoms with van der Waals surface area (Å²) in [4.78, 5) is 20.5. The Balaban J connectivity index is 0. The van der Waals surface area contributed by atoms with Crippen LogP contribution in [0.2, 0.25) is 0 Å². The Morgan fingerprint density at radius 1 is 1.12 bits per heavy atom. The van der Waals surface area contributed by atoms with Gasteiger partial charge in [0.05, 0.1) is 0 Å². The van der Waals surface area contributed by atoms with E-state index in [9.17, 15) is 9.59 Å². The molecule has 0 aliphatic carbocycles. The monoisotopic (exact) mass is 246 g/mol. The standard InChI is InChI=1S/C7H14O.C6H12O3/c1-3-4-5-6-7(2)8;1-4-8-6(3)9-5(2)7/h3-6H2,1-2H3;6H,4H2,1-3H3. The van der Waals surface area contributed by atoms with Gasteiger partial charge in [0.1, 0.15) is 5.78 Å². The SMILES string of the molecule is CCCCCC(C)=O.CCOC(C)OC(C)=O. The second-order valence-electron chi connectivity index (χ2n) is 3.79. The molecule has 0 bridgehead atoms. The Labute approximate surface area is 105 Å². The highest BCUT2D eigenvalue weighted by atomic mass is 16.7. The third-order valence-corrected chi connectivity index (χ3v) is 1.87. The van der Waals surface area contributed by atoms with Gasteiger partial charge in [0.15, 0.2) is 6.29 Å². The van der Waals surface area contributed by atoms with Crippen molar-refractivity contribution in [2.45, 2.75) is 66.6 Å². The van der Waals surface area contributed by atoms with Crippen LogP contribution in [0.4, 0.5) is 0 Å². The van der Waals surface area contributed by atoms with Gasteiger partial charge in [-0.15, -0.1) is 0 Å². The molecule has 4 heteroatoms. The molecule has 1 atom stereocenters. The molecule has 0 heterocycles. The Hall–Kier alpha value is -0.900. The van der Waals surface area contributed by atoms with Gasteiger partial charge in [-0.1, -0.05) is 19.8 Å². The summed E-state index contributed by atoms with van der Waals surface area (Å²) in [6.45, 7) is 9.24. The van der Waals surface area contributed by atoms with Gasteiger partial charge in [-0.25, -0.2) is 0 Å². The molecule has 1 unspecified atom stereocenters. The zero-order valence-corrected chi connectivity index (χ0v) is 11.7. The topological polar surface area (TPSA) is 52.6 Å². The molecule has 0 spiro atoms. The van der Waals surface area contributed by atoms with Crippen molar-refractivity contribution in [3.05, 3.63) is 0 Å². The van der Waals surface area contributed by atoms with E-state index in [0.717, 1.165) is 12.8 Å². The van der Waals surface area contributed by atoms with Crippen LogP contribution in [0.1, 0.15) is 60.3 Å². The molecule has 0 N–H and O–H groups in total. The van der Waals surface area contributed by atoms with Crippen molar-refractivity contribution in [3.63, 3.8) is 0 Å². The lowest BCUT2D eigenvalue weighted by Crippen LogP contribution is -2.15. The molecule has 0 aliphatic heterocycles. The van der Waals surface area contributed by atoms with Crippen LogP contribution in [0.5, 0.6) is 0 Å². The largest absolute Gasteiger partial charge is 0.436 e. The number of hydrogen-bond donors (Lipinski definition) is 0. The molecule has 0 amide bonds. The molecular formula is C13H26O4. The van der Waals surface area contributed by atoms with Crippen LogP contribution in [0.25, 0.3) is 0 Å². The first-order chi connectivity index (χ1) is 7.93. The number of ketones is 1. The molecule has 102 valence electrons. The van der Waals surface area contributed by atoms with Gasteiger partial charge in [-0.05, 0) is 27.2 Å². The molecule has 0 aromatic rings. The lowest BCUT2D eigenvalue weighted by molar-refractivity contribution is -0.171. The van der Waals surface area contributed by atoms with Crippen LogP contribution in [0.15, 0.2) is 0 Å². The van der Waals surface area contributed by atoms with Gasteiger partial charge in [0.25, 0.3) is 0 Å². The fraction of sp³-hybridized carbons (Fsp3) is 0.846. The molecule has 0 aliphatic rings. The molecule has 4 nitrogen and oxygen atoms in total. The predicted molar refractivity (Wildman–Crippen MR) is 67.7 cm³/mol. The second kappa shape index (κ2) is 13.2. The molecule has 0 fully saturated rings. The van der Waals surface area contributed by atoms with Crippen molar-refractivity contribution in [2.75, 3.05) is 6.61 Å². The first kappa shape index (κ1) is 18.5. The summed E-state index contributed by atoms with van der Waals surface area (Å²) in [7, 11) is 0. The molecule has 0 radical (unpaired) electrons. The number of unbranched alkanes of at least 4 members (excludes halogenated alkanes) is 2. The highest BCUT2D eigenvalue weighted by molar-refractivity contribution is 5.75. The normalized spacial score (nSPS) is 11.1. The van der Waals surface area contributed by atoms with E-state index in [4.69, 9.17) is 4.74 Å².